The smallest absolute Gasteiger partial charge is 0.341 e. The van der Waals surface area contributed by atoms with Gasteiger partial charge in [0.1, 0.15) is 11.5 Å². The van der Waals surface area contributed by atoms with Crippen molar-refractivity contribution in [1.82, 2.24) is 0 Å². The van der Waals surface area contributed by atoms with Crippen molar-refractivity contribution in [1.29, 1.82) is 0 Å². The zero-order chi connectivity index (χ0) is 10.8. The van der Waals surface area contributed by atoms with Gasteiger partial charge in [-0.25, -0.2) is 4.79 Å². The molecule has 1 heterocycles. The first-order chi connectivity index (χ1) is 7.16. The highest BCUT2D eigenvalue weighted by atomic mass is 32.1. The second-order valence-corrected chi connectivity index (χ2v) is 3.87. The summed E-state index contributed by atoms with van der Waals surface area (Å²) in [5.41, 5.74) is 0. The molecule has 0 saturated heterocycles. The minimum atomic E-state index is -1.02. The Kier molecular flexibility index (Phi) is 2.47. The number of aromatic hydroxyl groups is 1. The van der Waals surface area contributed by atoms with Gasteiger partial charge < -0.3 is 14.9 Å². The molecule has 5 heteroatoms. The summed E-state index contributed by atoms with van der Waals surface area (Å²) >= 11 is 1.43. The van der Waals surface area contributed by atoms with Crippen LogP contribution < -0.4 is 4.74 Å². The standard InChI is InChI=1S/C10H8O4S/c11-8-5-15-9-2-1-6(3-7(8)9)14-4-10(12)13/h1-3,5,11H,4H2,(H,12,13). The molecule has 2 aromatic rings. The van der Waals surface area contributed by atoms with Gasteiger partial charge in [0.2, 0.25) is 0 Å². The lowest BCUT2D eigenvalue weighted by Gasteiger charge is -2.02. The van der Waals surface area contributed by atoms with Crippen molar-refractivity contribution in [3.05, 3.63) is 23.6 Å². The summed E-state index contributed by atoms with van der Waals surface area (Å²) in [4.78, 5) is 10.3. The number of ether oxygens (including phenoxy) is 1. The van der Waals surface area contributed by atoms with E-state index < -0.39 is 5.97 Å². The van der Waals surface area contributed by atoms with Crippen LogP contribution in [0.2, 0.25) is 0 Å². The van der Waals surface area contributed by atoms with Crippen LogP contribution in [0.25, 0.3) is 10.1 Å². The van der Waals surface area contributed by atoms with Gasteiger partial charge in [0.25, 0.3) is 0 Å². The second-order valence-electron chi connectivity index (χ2n) is 2.96. The van der Waals surface area contributed by atoms with Gasteiger partial charge in [-0.1, -0.05) is 0 Å². The third kappa shape index (κ3) is 2.02. The predicted molar refractivity (Wildman–Crippen MR) is 56.6 cm³/mol. The van der Waals surface area contributed by atoms with Crippen LogP contribution in [0.4, 0.5) is 0 Å². The molecule has 0 bridgehead atoms. The summed E-state index contributed by atoms with van der Waals surface area (Å²) in [7, 11) is 0. The SMILES string of the molecule is O=C(O)COc1ccc2scc(O)c2c1. The summed E-state index contributed by atoms with van der Waals surface area (Å²) < 4.78 is 5.93. The van der Waals surface area contributed by atoms with Crippen molar-refractivity contribution >= 4 is 27.4 Å². The van der Waals surface area contributed by atoms with Crippen LogP contribution in [-0.4, -0.2) is 22.8 Å². The van der Waals surface area contributed by atoms with Crippen LogP contribution in [-0.2, 0) is 4.79 Å². The van der Waals surface area contributed by atoms with Gasteiger partial charge in [-0.3, -0.25) is 0 Å². The number of thiophene rings is 1. The first-order valence-electron chi connectivity index (χ1n) is 4.21. The van der Waals surface area contributed by atoms with E-state index in [-0.39, 0.29) is 12.4 Å². The van der Waals surface area contributed by atoms with Gasteiger partial charge in [-0.2, -0.15) is 0 Å². The van der Waals surface area contributed by atoms with Gasteiger partial charge in [0.15, 0.2) is 6.61 Å². The Labute approximate surface area is 89.3 Å². The zero-order valence-electron chi connectivity index (χ0n) is 7.64. The van der Waals surface area contributed by atoms with Crippen molar-refractivity contribution in [2.75, 3.05) is 6.61 Å². The average molecular weight is 224 g/mol. The average Bonchev–Trinajstić information content (AvgIpc) is 2.57. The van der Waals surface area contributed by atoms with Gasteiger partial charge >= 0.3 is 5.97 Å². The van der Waals surface area contributed by atoms with E-state index in [1.807, 2.05) is 0 Å². The fraction of sp³-hybridized carbons (Fsp3) is 0.100. The highest BCUT2D eigenvalue weighted by Crippen LogP contribution is 2.33. The summed E-state index contributed by atoms with van der Waals surface area (Å²) in [6, 6.07) is 5.10. The van der Waals surface area contributed by atoms with Crippen LogP contribution in [0, 0.1) is 0 Å². The molecule has 1 aromatic carbocycles. The molecule has 2 N–H and O–H groups in total. The highest BCUT2D eigenvalue weighted by Gasteiger charge is 2.05. The van der Waals surface area contributed by atoms with Crippen LogP contribution in [0.15, 0.2) is 23.6 Å². The fourth-order valence-corrected chi connectivity index (χ4v) is 2.03. The zero-order valence-corrected chi connectivity index (χ0v) is 8.45. The summed E-state index contributed by atoms with van der Waals surface area (Å²) in [6.45, 7) is -0.379. The van der Waals surface area contributed by atoms with Crippen LogP contribution in [0.1, 0.15) is 0 Å². The van der Waals surface area contributed by atoms with E-state index in [2.05, 4.69) is 0 Å². The van der Waals surface area contributed by atoms with E-state index in [4.69, 9.17) is 9.84 Å². The second kappa shape index (κ2) is 3.78. The number of fused-ring (bicyclic) bond motifs is 1. The quantitative estimate of drug-likeness (QED) is 0.837. The highest BCUT2D eigenvalue weighted by molar-refractivity contribution is 7.17. The van der Waals surface area contributed by atoms with Crippen molar-refractivity contribution in [3.63, 3.8) is 0 Å². The Morgan fingerprint density at radius 2 is 2.27 bits per heavy atom. The Morgan fingerprint density at radius 1 is 1.47 bits per heavy atom. The van der Waals surface area contributed by atoms with Gasteiger partial charge in [0.05, 0.1) is 0 Å². The molecule has 0 aliphatic heterocycles. The van der Waals surface area contributed by atoms with Crippen LogP contribution in [0.3, 0.4) is 0 Å². The number of benzene rings is 1. The van der Waals surface area contributed by atoms with Crippen molar-refractivity contribution in [2.24, 2.45) is 0 Å². The molecule has 2 rings (SSSR count). The minimum absolute atomic E-state index is 0.191. The number of aliphatic carboxylic acids is 1. The lowest BCUT2D eigenvalue weighted by atomic mass is 10.2. The van der Waals surface area contributed by atoms with E-state index in [9.17, 15) is 9.90 Å². The van der Waals surface area contributed by atoms with E-state index in [1.54, 1.807) is 23.6 Å². The minimum Gasteiger partial charge on any atom is -0.506 e. The Balaban J connectivity index is 2.29. The number of rotatable bonds is 3. The molecule has 0 radical (unpaired) electrons. The lowest BCUT2D eigenvalue weighted by Crippen LogP contribution is -2.09. The molecule has 0 aliphatic rings. The number of carbonyl (C=O) groups is 1. The fourth-order valence-electron chi connectivity index (χ4n) is 1.23. The maximum Gasteiger partial charge on any atom is 0.341 e. The van der Waals surface area contributed by atoms with E-state index >= 15 is 0 Å². The summed E-state index contributed by atoms with van der Waals surface area (Å²) in [5, 5.41) is 20.2. The Bertz CT molecular complexity index is 503. The van der Waals surface area contributed by atoms with Crippen LogP contribution >= 0.6 is 11.3 Å². The van der Waals surface area contributed by atoms with Gasteiger partial charge in [0, 0.05) is 15.5 Å². The number of hydrogen-bond donors (Lipinski definition) is 2. The van der Waals surface area contributed by atoms with E-state index in [1.165, 1.54) is 11.3 Å². The molecule has 4 nitrogen and oxygen atoms in total. The van der Waals surface area contributed by atoms with Crippen molar-refractivity contribution in [2.45, 2.75) is 0 Å². The molecule has 0 spiro atoms. The Morgan fingerprint density at radius 3 is 3.00 bits per heavy atom. The largest absolute Gasteiger partial charge is 0.506 e. The normalized spacial score (nSPS) is 10.4. The van der Waals surface area contributed by atoms with Crippen LogP contribution in [0.5, 0.6) is 11.5 Å². The predicted octanol–water partition coefficient (Wildman–Crippen LogP) is 2.07. The topological polar surface area (TPSA) is 66.8 Å². The lowest BCUT2D eigenvalue weighted by molar-refractivity contribution is -0.139. The first-order valence-corrected chi connectivity index (χ1v) is 5.09. The van der Waals surface area contributed by atoms with E-state index in [0.717, 1.165) is 4.70 Å². The van der Waals surface area contributed by atoms with Crippen molar-refractivity contribution < 1.29 is 19.7 Å². The number of carboxylic acid groups (broad SMARTS) is 1. The monoisotopic (exact) mass is 224 g/mol. The number of hydrogen-bond acceptors (Lipinski definition) is 4. The Hall–Kier alpha value is -1.75. The van der Waals surface area contributed by atoms with Gasteiger partial charge in [-0.15, -0.1) is 11.3 Å². The molecule has 0 atom stereocenters. The van der Waals surface area contributed by atoms with Gasteiger partial charge in [-0.05, 0) is 18.2 Å². The molecular weight excluding hydrogens is 216 g/mol. The summed E-state index contributed by atoms with van der Waals surface area (Å²) in [6.07, 6.45) is 0. The molecule has 0 saturated carbocycles. The third-order valence-corrected chi connectivity index (χ3v) is 2.84. The molecular formula is C10H8O4S. The summed E-state index contributed by atoms with van der Waals surface area (Å²) in [5.74, 6) is -0.390. The first kappa shape index (κ1) is 9.79. The molecule has 78 valence electrons. The number of carboxylic acids is 1. The molecule has 0 amide bonds. The molecule has 15 heavy (non-hydrogen) atoms. The third-order valence-electron chi connectivity index (χ3n) is 1.89. The maximum atomic E-state index is 10.3. The van der Waals surface area contributed by atoms with E-state index in [0.29, 0.717) is 11.1 Å². The molecule has 0 aliphatic carbocycles. The van der Waals surface area contributed by atoms with Crippen molar-refractivity contribution in [3.8, 4) is 11.5 Å². The molecule has 0 fully saturated rings. The molecule has 0 unspecified atom stereocenters. The molecule has 1 aromatic heterocycles. The maximum absolute atomic E-state index is 10.3.